The van der Waals surface area contributed by atoms with Crippen LogP contribution in [0.4, 0.5) is 4.39 Å². The van der Waals surface area contributed by atoms with Gasteiger partial charge >= 0.3 is 0 Å². The first-order valence-electron chi connectivity index (χ1n) is 3.73. The molecule has 1 atom stereocenters. The topological polar surface area (TPSA) is 59.1 Å². The molecule has 1 aromatic rings. The molecule has 1 rings (SSSR count). The van der Waals surface area contributed by atoms with E-state index in [1.165, 1.54) is 6.07 Å². The van der Waals surface area contributed by atoms with Crippen molar-refractivity contribution in [3.05, 3.63) is 29.8 Å². The van der Waals surface area contributed by atoms with Gasteiger partial charge in [-0.25, -0.2) is 4.98 Å². The molecule has 4 heteroatoms. The fourth-order valence-corrected chi connectivity index (χ4v) is 0.917. The van der Waals surface area contributed by atoms with Gasteiger partial charge in [-0.2, -0.15) is 4.39 Å². The molecule has 0 aliphatic rings. The summed E-state index contributed by atoms with van der Waals surface area (Å²) in [5.41, 5.74) is 6.06. The zero-order chi connectivity index (χ0) is 8.97. The molecule has 0 aromatic carbocycles. The van der Waals surface area contributed by atoms with E-state index in [9.17, 15) is 4.39 Å². The molecule has 12 heavy (non-hydrogen) atoms. The molecule has 0 bridgehead atoms. The lowest BCUT2D eigenvalue weighted by atomic mass is 10.1. The van der Waals surface area contributed by atoms with Crippen molar-refractivity contribution in [3.63, 3.8) is 0 Å². The molecule has 0 fully saturated rings. The van der Waals surface area contributed by atoms with Crippen molar-refractivity contribution in [2.45, 2.75) is 12.5 Å². The molecule has 1 unspecified atom stereocenters. The second-order valence-electron chi connectivity index (χ2n) is 2.50. The largest absolute Gasteiger partial charge is 0.396 e. The normalized spacial score (nSPS) is 12.9. The molecule has 0 radical (unpaired) electrons. The highest BCUT2D eigenvalue weighted by atomic mass is 19.1. The number of rotatable bonds is 3. The van der Waals surface area contributed by atoms with Crippen molar-refractivity contribution in [3.8, 4) is 0 Å². The van der Waals surface area contributed by atoms with Crippen LogP contribution in [-0.2, 0) is 0 Å². The van der Waals surface area contributed by atoms with Crippen LogP contribution in [0.2, 0.25) is 0 Å². The third kappa shape index (κ3) is 2.25. The van der Waals surface area contributed by atoms with Crippen LogP contribution in [0.5, 0.6) is 0 Å². The maximum absolute atomic E-state index is 12.5. The molecular weight excluding hydrogens is 159 g/mol. The van der Waals surface area contributed by atoms with E-state index in [0.717, 1.165) is 0 Å². The number of nitrogens with zero attached hydrogens (tertiary/aromatic N) is 1. The molecule has 0 aliphatic carbocycles. The second-order valence-corrected chi connectivity index (χ2v) is 2.50. The number of hydrogen-bond donors (Lipinski definition) is 2. The van der Waals surface area contributed by atoms with Crippen molar-refractivity contribution in [2.24, 2.45) is 5.73 Å². The Balaban J connectivity index is 2.73. The molecule has 0 spiro atoms. The standard InChI is InChI=1S/C8H11FN2O/c9-8-3-1-2-7(11-8)6(10)4-5-12/h1-3,6,12H,4-5,10H2. The van der Waals surface area contributed by atoms with Crippen molar-refractivity contribution < 1.29 is 9.50 Å². The minimum absolute atomic E-state index is 0.0145. The second kappa shape index (κ2) is 4.13. The van der Waals surface area contributed by atoms with Gasteiger partial charge in [-0.15, -0.1) is 0 Å². The average Bonchev–Trinajstić information content (AvgIpc) is 2.05. The fraction of sp³-hybridized carbons (Fsp3) is 0.375. The van der Waals surface area contributed by atoms with Gasteiger partial charge in [0.05, 0.1) is 5.69 Å². The zero-order valence-corrected chi connectivity index (χ0v) is 6.57. The maximum atomic E-state index is 12.5. The highest BCUT2D eigenvalue weighted by Gasteiger charge is 2.06. The Morgan fingerprint density at radius 2 is 2.33 bits per heavy atom. The van der Waals surface area contributed by atoms with E-state index in [0.29, 0.717) is 12.1 Å². The van der Waals surface area contributed by atoms with E-state index >= 15 is 0 Å². The maximum Gasteiger partial charge on any atom is 0.213 e. The average molecular weight is 170 g/mol. The first kappa shape index (κ1) is 9.09. The first-order chi connectivity index (χ1) is 5.74. The molecular formula is C8H11FN2O. The van der Waals surface area contributed by atoms with Gasteiger partial charge in [-0.3, -0.25) is 0 Å². The summed E-state index contributed by atoms with van der Waals surface area (Å²) in [6.45, 7) is -0.0145. The van der Waals surface area contributed by atoms with Gasteiger partial charge in [0.2, 0.25) is 5.95 Å². The smallest absolute Gasteiger partial charge is 0.213 e. The third-order valence-corrected chi connectivity index (χ3v) is 1.56. The highest BCUT2D eigenvalue weighted by molar-refractivity contribution is 5.08. The summed E-state index contributed by atoms with van der Waals surface area (Å²) in [6, 6.07) is 4.07. The van der Waals surface area contributed by atoms with Crippen LogP contribution in [0, 0.1) is 5.95 Å². The van der Waals surface area contributed by atoms with E-state index in [-0.39, 0.29) is 12.6 Å². The van der Waals surface area contributed by atoms with Crippen molar-refractivity contribution in [1.29, 1.82) is 0 Å². The number of pyridine rings is 1. The molecule has 1 heterocycles. The van der Waals surface area contributed by atoms with Gasteiger partial charge in [0.25, 0.3) is 0 Å². The monoisotopic (exact) mass is 170 g/mol. The summed E-state index contributed by atoms with van der Waals surface area (Å²) in [5.74, 6) is -0.541. The van der Waals surface area contributed by atoms with Gasteiger partial charge in [0.15, 0.2) is 0 Å². The predicted octanol–water partition coefficient (Wildman–Crippen LogP) is 0.603. The fourth-order valence-electron chi connectivity index (χ4n) is 0.917. The number of aromatic nitrogens is 1. The summed E-state index contributed by atoms with van der Waals surface area (Å²) >= 11 is 0. The Kier molecular flexibility index (Phi) is 3.13. The summed E-state index contributed by atoms with van der Waals surface area (Å²) in [5, 5.41) is 8.57. The van der Waals surface area contributed by atoms with Crippen molar-refractivity contribution >= 4 is 0 Å². The SMILES string of the molecule is NC(CCO)c1cccc(F)n1. The third-order valence-electron chi connectivity index (χ3n) is 1.56. The van der Waals surface area contributed by atoms with Crippen molar-refractivity contribution in [1.82, 2.24) is 4.98 Å². The minimum Gasteiger partial charge on any atom is -0.396 e. The van der Waals surface area contributed by atoms with Gasteiger partial charge in [0, 0.05) is 12.6 Å². The molecule has 0 amide bonds. The van der Waals surface area contributed by atoms with E-state index in [1.54, 1.807) is 12.1 Å². The summed E-state index contributed by atoms with van der Waals surface area (Å²) < 4.78 is 12.5. The van der Waals surface area contributed by atoms with Crippen LogP contribution in [0.15, 0.2) is 18.2 Å². The molecule has 1 aromatic heterocycles. The lowest BCUT2D eigenvalue weighted by molar-refractivity contribution is 0.275. The summed E-state index contributed by atoms with van der Waals surface area (Å²) in [7, 11) is 0. The Hall–Kier alpha value is -1.00. The van der Waals surface area contributed by atoms with E-state index in [4.69, 9.17) is 10.8 Å². The van der Waals surface area contributed by atoms with E-state index in [1.807, 2.05) is 0 Å². The number of hydrogen-bond acceptors (Lipinski definition) is 3. The van der Waals surface area contributed by atoms with Gasteiger partial charge < -0.3 is 10.8 Å². The van der Waals surface area contributed by atoms with E-state index < -0.39 is 5.95 Å². The molecule has 0 aliphatic heterocycles. The Labute approximate surface area is 70.0 Å². The predicted molar refractivity (Wildman–Crippen MR) is 42.8 cm³/mol. The first-order valence-corrected chi connectivity index (χ1v) is 3.73. The minimum atomic E-state index is -0.541. The molecule has 3 nitrogen and oxygen atoms in total. The molecule has 0 saturated carbocycles. The van der Waals surface area contributed by atoms with Gasteiger partial charge in [0.1, 0.15) is 0 Å². The highest BCUT2D eigenvalue weighted by Crippen LogP contribution is 2.10. The van der Waals surface area contributed by atoms with Crippen LogP contribution in [0.3, 0.4) is 0 Å². The lowest BCUT2D eigenvalue weighted by Crippen LogP contribution is -2.13. The molecule has 0 saturated heterocycles. The zero-order valence-electron chi connectivity index (χ0n) is 6.57. The van der Waals surface area contributed by atoms with Crippen LogP contribution in [0.1, 0.15) is 18.2 Å². The number of aliphatic hydroxyl groups excluding tert-OH is 1. The molecule has 3 N–H and O–H groups in total. The number of aliphatic hydroxyl groups is 1. The van der Waals surface area contributed by atoms with Crippen LogP contribution in [0.25, 0.3) is 0 Å². The van der Waals surface area contributed by atoms with Crippen molar-refractivity contribution in [2.75, 3.05) is 6.61 Å². The Morgan fingerprint density at radius 1 is 1.58 bits per heavy atom. The lowest BCUT2D eigenvalue weighted by Gasteiger charge is -2.07. The van der Waals surface area contributed by atoms with E-state index in [2.05, 4.69) is 4.98 Å². The Morgan fingerprint density at radius 3 is 2.92 bits per heavy atom. The van der Waals surface area contributed by atoms with Crippen LogP contribution in [-0.4, -0.2) is 16.7 Å². The van der Waals surface area contributed by atoms with Crippen LogP contribution < -0.4 is 5.73 Å². The van der Waals surface area contributed by atoms with Gasteiger partial charge in [-0.05, 0) is 18.6 Å². The molecule has 66 valence electrons. The number of nitrogens with two attached hydrogens (primary N) is 1. The summed E-state index contributed by atoms with van der Waals surface area (Å²) in [4.78, 5) is 3.59. The summed E-state index contributed by atoms with van der Waals surface area (Å²) in [6.07, 6.45) is 0.399. The van der Waals surface area contributed by atoms with Crippen LogP contribution >= 0.6 is 0 Å². The quantitative estimate of drug-likeness (QED) is 0.653. The number of halogens is 1. The Bertz CT molecular complexity index is 255. The van der Waals surface area contributed by atoms with Gasteiger partial charge in [-0.1, -0.05) is 6.07 Å².